The minimum atomic E-state index is 0.152. The van der Waals surface area contributed by atoms with E-state index >= 15 is 0 Å². The summed E-state index contributed by atoms with van der Waals surface area (Å²) in [6, 6.07) is 0. The number of hydrogen-bond acceptors (Lipinski definition) is 4. The van der Waals surface area contributed by atoms with Crippen molar-refractivity contribution in [2.24, 2.45) is 5.41 Å². The topological polar surface area (TPSA) is 44.7 Å². The summed E-state index contributed by atoms with van der Waals surface area (Å²) in [5.41, 5.74) is 0.386. The number of ether oxygens (including phenoxy) is 1. The quantitative estimate of drug-likeness (QED) is 0.718. The maximum absolute atomic E-state index is 8.89. The number of aliphatic hydroxyl groups excluding tert-OH is 1. The molecule has 0 aliphatic carbocycles. The molecule has 1 rings (SSSR count). The number of aliphatic hydroxyl groups is 1. The summed E-state index contributed by atoms with van der Waals surface area (Å²) in [6.45, 7) is 11.6. The lowest BCUT2D eigenvalue weighted by atomic mass is 9.85. The first-order valence-electron chi connectivity index (χ1n) is 6.99. The number of nitrogens with one attached hydrogen (secondary N) is 1. The van der Waals surface area contributed by atoms with Gasteiger partial charge in [0.25, 0.3) is 0 Å². The molecular formula is C14H30N2O2. The fraction of sp³-hybridized carbons (Fsp3) is 1.00. The maximum Gasteiger partial charge on any atom is 0.0547 e. The molecule has 18 heavy (non-hydrogen) atoms. The molecule has 1 heterocycles. The second kappa shape index (κ2) is 6.85. The first kappa shape index (κ1) is 15.9. The molecule has 0 saturated carbocycles. The van der Waals surface area contributed by atoms with Crippen molar-refractivity contribution in [3.05, 3.63) is 0 Å². The van der Waals surface area contributed by atoms with Gasteiger partial charge in [-0.15, -0.1) is 0 Å². The molecule has 0 aromatic carbocycles. The van der Waals surface area contributed by atoms with E-state index in [1.807, 2.05) is 0 Å². The molecule has 0 radical (unpaired) electrons. The third kappa shape index (κ3) is 5.65. The van der Waals surface area contributed by atoms with Crippen LogP contribution in [0.5, 0.6) is 0 Å². The van der Waals surface area contributed by atoms with Crippen molar-refractivity contribution in [1.82, 2.24) is 10.2 Å². The van der Waals surface area contributed by atoms with Gasteiger partial charge in [0.1, 0.15) is 0 Å². The Balaban J connectivity index is 2.47. The lowest BCUT2D eigenvalue weighted by Crippen LogP contribution is -2.48. The van der Waals surface area contributed by atoms with Crippen LogP contribution in [0.2, 0.25) is 0 Å². The van der Waals surface area contributed by atoms with Crippen LogP contribution in [0.3, 0.4) is 0 Å². The Labute approximate surface area is 112 Å². The Hall–Kier alpha value is -0.160. The zero-order valence-electron chi connectivity index (χ0n) is 12.5. The summed E-state index contributed by atoms with van der Waals surface area (Å²) in [4.78, 5) is 2.31. The Kier molecular flexibility index (Phi) is 6.05. The molecule has 1 unspecified atom stereocenters. The van der Waals surface area contributed by atoms with Crippen LogP contribution in [-0.4, -0.2) is 62.0 Å². The normalized spacial score (nSPS) is 25.0. The van der Waals surface area contributed by atoms with Gasteiger partial charge in [-0.05, 0) is 40.7 Å². The van der Waals surface area contributed by atoms with E-state index in [1.54, 1.807) is 0 Å². The van der Waals surface area contributed by atoms with Crippen LogP contribution in [0.1, 0.15) is 33.6 Å². The van der Waals surface area contributed by atoms with Crippen molar-refractivity contribution in [2.45, 2.75) is 39.2 Å². The van der Waals surface area contributed by atoms with E-state index in [1.165, 1.54) is 0 Å². The monoisotopic (exact) mass is 258 g/mol. The molecule has 0 aromatic rings. The van der Waals surface area contributed by atoms with Crippen LogP contribution in [0.15, 0.2) is 0 Å². The fourth-order valence-electron chi connectivity index (χ4n) is 2.41. The lowest BCUT2D eigenvalue weighted by molar-refractivity contribution is 0.110. The third-order valence-corrected chi connectivity index (χ3v) is 3.48. The second-order valence-corrected chi connectivity index (χ2v) is 6.72. The molecule has 4 nitrogen and oxygen atoms in total. The van der Waals surface area contributed by atoms with Gasteiger partial charge in [-0.2, -0.15) is 0 Å². The van der Waals surface area contributed by atoms with Gasteiger partial charge in [0.15, 0.2) is 0 Å². The van der Waals surface area contributed by atoms with Crippen molar-refractivity contribution in [3.8, 4) is 0 Å². The Bertz CT molecular complexity index is 232. The summed E-state index contributed by atoms with van der Waals surface area (Å²) in [5.74, 6) is 0. The molecular weight excluding hydrogens is 228 g/mol. The lowest BCUT2D eigenvalue weighted by Gasteiger charge is -2.35. The molecule has 1 aliphatic rings. The third-order valence-electron chi connectivity index (χ3n) is 3.48. The summed E-state index contributed by atoms with van der Waals surface area (Å²) in [6.07, 6.45) is 1.97. The summed E-state index contributed by atoms with van der Waals surface area (Å²) >= 11 is 0. The van der Waals surface area contributed by atoms with Crippen LogP contribution < -0.4 is 5.32 Å². The Morgan fingerprint density at radius 1 is 1.39 bits per heavy atom. The van der Waals surface area contributed by atoms with Crippen LogP contribution in [-0.2, 0) is 4.74 Å². The Morgan fingerprint density at radius 3 is 2.61 bits per heavy atom. The van der Waals surface area contributed by atoms with E-state index < -0.39 is 0 Å². The SMILES string of the molecule is CN(CCCO)CC1(CNC(C)(C)C)CCOC1. The molecule has 0 aromatic heterocycles. The van der Waals surface area contributed by atoms with E-state index in [9.17, 15) is 0 Å². The molecule has 2 N–H and O–H groups in total. The average Bonchev–Trinajstić information content (AvgIpc) is 2.72. The van der Waals surface area contributed by atoms with Crippen LogP contribution >= 0.6 is 0 Å². The Morgan fingerprint density at radius 2 is 2.11 bits per heavy atom. The van der Waals surface area contributed by atoms with E-state index in [0.29, 0.717) is 0 Å². The van der Waals surface area contributed by atoms with Crippen molar-refractivity contribution in [2.75, 3.05) is 46.5 Å². The molecule has 1 fully saturated rings. The standard InChI is InChI=1S/C14H30N2O2/c1-13(2,3)15-10-14(6-9-18-12-14)11-16(4)7-5-8-17/h15,17H,5-12H2,1-4H3. The molecule has 0 bridgehead atoms. The van der Waals surface area contributed by atoms with Gasteiger partial charge in [0.05, 0.1) is 6.61 Å². The van der Waals surface area contributed by atoms with Gasteiger partial charge in [-0.25, -0.2) is 0 Å². The van der Waals surface area contributed by atoms with Gasteiger partial charge >= 0.3 is 0 Å². The first-order chi connectivity index (χ1) is 8.37. The van der Waals surface area contributed by atoms with E-state index in [-0.39, 0.29) is 17.6 Å². The highest BCUT2D eigenvalue weighted by molar-refractivity contribution is 4.90. The van der Waals surface area contributed by atoms with Gasteiger partial charge < -0.3 is 20.1 Å². The molecule has 108 valence electrons. The maximum atomic E-state index is 8.89. The molecule has 0 spiro atoms. The zero-order chi connectivity index (χ0) is 13.6. The van der Waals surface area contributed by atoms with Gasteiger partial charge in [0, 0.05) is 43.8 Å². The van der Waals surface area contributed by atoms with Gasteiger partial charge in [-0.3, -0.25) is 0 Å². The highest BCUT2D eigenvalue weighted by Crippen LogP contribution is 2.29. The smallest absolute Gasteiger partial charge is 0.0547 e. The van der Waals surface area contributed by atoms with Crippen molar-refractivity contribution in [3.63, 3.8) is 0 Å². The zero-order valence-corrected chi connectivity index (χ0v) is 12.5. The average molecular weight is 258 g/mol. The number of hydrogen-bond donors (Lipinski definition) is 2. The predicted octanol–water partition coefficient (Wildman–Crippen LogP) is 1.10. The van der Waals surface area contributed by atoms with Crippen LogP contribution in [0, 0.1) is 5.41 Å². The van der Waals surface area contributed by atoms with Gasteiger partial charge in [-0.1, -0.05) is 0 Å². The molecule has 4 heteroatoms. The minimum Gasteiger partial charge on any atom is -0.396 e. The van der Waals surface area contributed by atoms with E-state index in [2.05, 4.69) is 38.0 Å². The van der Waals surface area contributed by atoms with Crippen LogP contribution in [0.4, 0.5) is 0 Å². The van der Waals surface area contributed by atoms with Crippen molar-refractivity contribution in [1.29, 1.82) is 0 Å². The van der Waals surface area contributed by atoms with Gasteiger partial charge in [0.2, 0.25) is 0 Å². The molecule has 0 amide bonds. The second-order valence-electron chi connectivity index (χ2n) is 6.72. The number of nitrogens with zero attached hydrogens (tertiary/aromatic N) is 1. The summed E-state index contributed by atoms with van der Waals surface area (Å²) in [7, 11) is 2.13. The van der Waals surface area contributed by atoms with Crippen molar-refractivity contribution >= 4 is 0 Å². The fourth-order valence-corrected chi connectivity index (χ4v) is 2.41. The highest BCUT2D eigenvalue weighted by atomic mass is 16.5. The first-order valence-corrected chi connectivity index (χ1v) is 6.99. The largest absolute Gasteiger partial charge is 0.396 e. The van der Waals surface area contributed by atoms with Crippen LogP contribution in [0.25, 0.3) is 0 Å². The molecule has 1 atom stereocenters. The summed E-state index contributed by atoms with van der Waals surface area (Å²) < 4.78 is 5.61. The predicted molar refractivity (Wildman–Crippen MR) is 74.8 cm³/mol. The van der Waals surface area contributed by atoms with E-state index in [0.717, 1.165) is 45.7 Å². The molecule has 1 saturated heterocycles. The van der Waals surface area contributed by atoms with E-state index in [4.69, 9.17) is 9.84 Å². The number of rotatable bonds is 7. The van der Waals surface area contributed by atoms with Crippen molar-refractivity contribution < 1.29 is 9.84 Å². The molecule has 1 aliphatic heterocycles. The minimum absolute atomic E-state index is 0.152. The highest BCUT2D eigenvalue weighted by Gasteiger charge is 2.36. The summed E-state index contributed by atoms with van der Waals surface area (Å²) in [5, 5.41) is 12.5.